The number of benzene rings is 1. The molecule has 0 fully saturated rings. The minimum atomic E-state index is -0.0773. The normalized spacial score (nSPS) is 17.5. The molecular formula is C17H17ClN2O. The Bertz CT molecular complexity index is 699. The molecule has 2 heterocycles. The van der Waals surface area contributed by atoms with Crippen LogP contribution < -0.4 is 4.90 Å². The first-order valence-corrected chi connectivity index (χ1v) is 7.46. The van der Waals surface area contributed by atoms with E-state index in [9.17, 15) is 4.79 Å². The van der Waals surface area contributed by atoms with Crippen molar-refractivity contribution in [1.82, 2.24) is 4.98 Å². The molecule has 0 aliphatic carbocycles. The van der Waals surface area contributed by atoms with Gasteiger partial charge in [0.1, 0.15) is 0 Å². The van der Waals surface area contributed by atoms with Gasteiger partial charge < -0.3 is 4.90 Å². The molecule has 1 aliphatic heterocycles. The third-order valence-corrected chi connectivity index (χ3v) is 4.12. The number of rotatable bonds is 1. The van der Waals surface area contributed by atoms with Crippen LogP contribution in [0.1, 0.15) is 28.5 Å². The molecular weight excluding hydrogens is 284 g/mol. The van der Waals surface area contributed by atoms with Gasteiger partial charge in [0.05, 0.1) is 10.6 Å². The van der Waals surface area contributed by atoms with E-state index in [2.05, 4.69) is 18.0 Å². The molecule has 1 atom stereocenters. The second kappa shape index (κ2) is 5.49. The van der Waals surface area contributed by atoms with Gasteiger partial charge in [-0.1, -0.05) is 36.7 Å². The molecule has 0 saturated heterocycles. The van der Waals surface area contributed by atoms with Crippen molar-refractivity contribution in [3.8, 4) is 0 Å². The van der Waals surface area contributed by atoms with Gasteiger partial charge in [-0.15, -0.1) is 0 Å². The molecule has 4 heteroatoms. The number of anilines is 1. The number of halogens is 1. The number of hydrogen-bond acceptors (Lipinski definition) is 2. The first kappa shape index (κ1) is 14.1. The smallest absolute Gasteiger partial charge is 0.261 e. The van der Waals surface area contributed by atoms with Gasteiger partial charge in [0.25, 0.3) is 5.91 Å². The Hall–Kier alpha value is -1.87. The zero-order valence-corrected chi connectivity index (χ0v) is 12.9. The second-order valence-corrected chi connectivity index (χ2v) is 6.07. The van der Waals surface area contributed by atoms with Gasteiger partial charge in [-0.3, -0.25) is 9.78 Å². The predicted molar refractivity (Wildman–Crippen MR) is 85.0 cm³/mol. The van der Waals surface area contributed by atoms with E-state index in [0.29, 0.717) is 23.0 Å². The third kappa shape index (κ3) is 2.66. The average Bonchev–Trinajstić information content (AvgIpc) is 2.45. The number of fused-ring (bicyclic) bond motifs is 1. The molecule has 0 N–H and O–H groups in total. The first-order chi connectivity index (χ1) is 10.1. The lowest BCUT2D eigenvalue weighted by Crippen LogP contribution is -2.39. The summed E-state index contributed by atoms with van der Waals surface area (Å²) in [7, 11) is 0. The molecule has 2 aromatic rings. The summed E-state index contributed by atoms with van der Waals surface area (Å²) in [5.41, 5.74) is 3.47. The number of hydrogen-bond donors (Lipinski definition) is 0. The number of nitrogens with zero attached hydrogens (tertiary/aromatic N) is 2. The maximum absolute atomic E-state index is 12.8. The Balaban J connectivity index is 2.02. The summed E-state index contributed by atoms with van der Waals surface area (Å²) >= 11 is 6.22. The minimum Gasteiger partial charge on any atom is -0.308 e. The number of carbonyl (C=O) groups is 1. The first-order valence-electron chi connectivity index (χ1n) is 7.08. The van der Waals surface area contributed by atoms with Gasteiger partial charge in [-0.2, -0.15) is 0 Å². The fraction of sp³-hybridized carbons (Fsp3) is 0.294. The molecule has 0 radical (unpaired) electrons. The van der Waals surface area contributed by atoms with Gasteiger partial charge in [0.15, 0.2) is 0 Å². The van der Waals surface area contributed by atoms with Crippen molar-refractivity contribution in [3.05, 3.63) is 58.4 Å². The Labute approximate surface area is 129 Å². The fourth-order valence-corrected chi connectivity index (χ4v) is 3.11. The zero-order chi connectivity index (χ0) is 15.0. The molecule has 0 saturated carbocycles. The highest BCUT2D eigenvalue weighted by atomic mass is 35.5. The van der Waals surface area contributed by atoms with Crippen molar-refractivity contribution in [3.63, 3.8) is 0 Å². The molecule has 0 spiro atoms. The maximum Gasteiger partial charge on any atom is 0.261 e. The van der Waals surface area contributed by atoms with Crippen LogP contribution in [0.3, 0.4) is 0 Å². The van der Waals surface area contributed by atoms with Gasteiger partial charge in [0.2, 0.25) is 0 Å². The average molecular weight is 301 g/mol. The molecule has 3 rings (SSSR count). The van der Waals surface area contributed by atoms with Gasteiger partial charge in [-0.25, -0.2) is 0 Å². The van der Waals surface area contributed by atoms with Crippen molar-refractivity contribution in [1.29, 1.82) is 0 Å². The SMILES string of the molecule is Cc1cc(Cl)c(C(=O)N2CC(C)Cc3ccccc32)cn1. The van der Waals surface area contributed by atoms with E-state index in [1.165, 1.54) is 5.56 Å². The Kier molecular flexibility index (Phi) is 3.68. The van der Waals surface area contributed by atoms with Crippen molar-refractivity contribution in [2.75, 3.05) is 11.4 Å². The molecule has 1 amide bonds. The van der Waals surface area contributed by atoms with Crippen molar-refractivity contribution < 1.29 is 4.79 Å². The highest BCUT2D eigenvalue weighted by Crippen LogP contribution is 2.31. The van der Waals surface area contributed by atoms with E-state index in [1.807, 2.05) is 30.0 Å². The van der Waals surface area contributed by atoms with Crippen molar-refractivity contribution in [2.45, 2.75) is 20.3 Å². The largest absolute Gasteiger partial charge is 0.308 e. The van der Waals surface area contributed by atoms with Gasteiger partial charge in [0, 0.05) is 24.1 Å². The van der Waals surface area contributed by atoms with E-state index in [0.717, 1.165) is 17.8 Å². The lowest BCUT2D eigenvalue weighted by Gasteiger charge is -2.33. The van der Waals surface area contributed by atoms with Crippen LogP contribution in [0.4, 0.5) is 5.69 Å². The molecule has 1 aliphatic rings. The highest BCUT2D eigenvalue weighted by molar-refractivity contribution is 6.34. The van der Waals surface area contributed by atoms with Crippen LogP contribution in [0.5, 0.6) is 0 Å². The summed E-state index contributed by atoms with van der Waals surface area (Å²) < 4.78 is 0. The number of aryl methyl sites for hydroxylation is 1. The summed E-state index contributed by atoms with van der Waals surface area (Å²) in [4.78, 5) is 18.9. The van der Waals surface area contributed by atoms with Crippen LogP contribution in [0.25, 0.3) is 0 Å². The number of para-hydroxylation sites is 1. The lowest BCUT2D eigenvalue weighted by molar-refractivity contribution is 0.0981. The number of carbonyl (C=O) groups excluding carboxylic acids is 1. The number of amides is 1. The molecule has 3 nitrogen and oxygen atoms in total. The summed E-state index contributed by atoms with van der Waals surface area (Å²) in [5, 5.41) is 0.461. The Morgan fingerprint density at radius 2 is 2.14 bits per heavy atom. The quantitative estimate of drug-likeness (QED) is 0.800. The zero-order valence-electron chi connectivity index (χ0n) is 12.1. The monoisotopic (exact) mass is 300 g/mol. The summed E-state index contributed by atoms with van der Waals surface area (Å²) in [6.07, 6.45) is 2.57. The van der Waals surface area contributed by atoms with Crippen LogP contribution in [0, 0.1) is 12.8 Å². The third-order valence-electron chi connectivity index (χ3n) is 3.81. The van der Waals surface area contributed by atoms with Crippen LogP contribution >= 0.6 is 11.6 Å². The fourth-order valence-electron chi connectivity index (χ4n) is 2.82. The van der Waals surface area contributed by atoms with Gasteiger partial charge in [-0.05, 0) is 37.0 Å². The molecule has 21 heavy (non-hydrogen) atoms. The van der Waals surface area contributed by atoms with E-state index < -0.39 is 0 Å². The van der Waals surface area contributed by atoms with Crippen LogP contribution in [0.15, 0.2) is 36.5 Å². The number of pyridine rings is 1. The molecule has 1 aromatic carbocycles. The summed E-state index contributed by atoms with van der Waals surface area (Å²) in [6, 6.07) is 9.78. The minimum absolute atomic E-state index is 0.0773. The maximum atomic E-state index is 12.8. The standard InChI is InChI=1S/C17H17ClN2O/c1-11-7-13-5-3-4-6-16(13)20(10-11)17(21)14-9-19-12(2)8-15(14)18/h3-6,8-9,11H,7,10H2,1-2H3. The van der Waals surface area contributed by atoms with E-state index in [1.54, 1.807) is 12.3 Å². The summed E-state index contributed by atoms with van der Waals surface area (Å²) in [6.45, 7) is 4.73. The molecule has 108 valence electrons. The van der Waals surface area contributed by atoms with E-state index >= 15 is 0 Å². The Morgan fingerprint density at radius 1 is 1.38 bits per heavy atom. The molecule has 1 aromatic heterocycles. The van der Waals surface area contributed by atoms with Crippen LogP contribution in [0.2, 0.25) is 5.02 Å². The molecule has 1 unspecified atom stereocenters. The summed E-state index contributed by atoms with van der Waals surface area (Å²) in [5.74, 6) is 0.354. The van der Waals surface area contributed by atoms with Crippen molar-refractivity contribution in [2.24, 2.45) is 5.92 Å². The van der Waals surface area contributed by atoms with E-state index in [-0.39, 0.29) is 5.91 Å². The van der Waals surface area contributed by atoms with Crippen molar-refractivity contribution >= 4 is 23.2 Å². The van der Waals surface area contributed by atoms with Gasteiger partial charge >= 0.3 is 0 Å². The lowest BCUT2D eigenvalue weighted by atomic mass is 9.93. The Morgan fingerprint density at radius 3 is 2.90 bits per heavy atom. The van der Waals surface area contributed by atoms with E-state index in [4.69, 9.17) is 11.6 Å². The second-order valence-electron chi connectivity index (χ2n) is 5.66. The molecule has 0 bridgehead atoms. The predicted octanol–water partition coefficient (Wildman–Crippen LogP) is 3.88. The number of aromatic nitrogens is 1. The topological polar surface area (TPSA) is 33.2 Å². The highest BCUT2D eigenvalue weighted by Gasteiger charge is 2.28. The van der Waals surface area contributed by atoms with Crippen LogP contribution in [-0.2, 0) is 6.42 Å². The van der Waals surface area contributed by atoms with Crippen LogP contribution in [-0.4, -0.2) is 17.4 Å².